The van der Waals surface area contributed by atoms with Crippen LogP contribution in [0.25, 0.3) is 0 Å². The fourth-order valence-corrected chi connectivity index (χ4v) is 0.890. The van der Waals surface area contributed by atoms with Crippen LogP contribution >= 0.6 is 0 Å². The molecule has 0 heterocycles. The van der Waals surface area contributed by atoms with Crippen LogP contribution in [0.3, 0.4) is 0 Å². The zero-order valence-electron chi connectivity index (χ0n) is 8.70. The summed E-state index contributed by atoms with van der Waals surface area (Å²) < 4.78 is 10.4. The number of hydrogen-bond acceptors (Lipinski definition) is 3. The Bertz CT molecular complexity index is 201. The Hall–Kier alpha value is -0.850. The highest BCUT2D eigenvalue weighted by Crippen LogP contribution is 2.03. The van der Waals surface area contributed by atoms with Crippen LogP contribution in [0, 0.1) is 11.3 Å². The molecule has 2 unspecified atom stereocenters. The number of hydrogen-bond donors (Lipinski definition) is 0. The lowest BCUT2D eigenvalue weighted by atomic mass is 10.2. The highest BCUT2D eigenvalue weighted by molar-refractivity contribution is 5.07. The molecule has 0 spiro atoms. The molecule has 0 aliphatic heterocycles. The van der Waals surface area contributed by atoms with Crippen LogP contribution in [0.1, 0.15) is 27.7 Å². The number of rotatable bonds is 5. The van der Waals surface area contributed by atoms with E-state index in [4.69, 9.17) is 14.7 Å². The van der Waals surface area contributed by atoms with Gasteiger partial charge in [-0.15, -0.1) is 0 Å². The molecule has 13 heavy (non-hydrogen) atoms. The van der Waals surface area contributed by atoms with Crippen LogP contribution in [-0.4, -0.2) is 19.0 Å². The monoisotopic (exact) mass is 183 g/mol. The molecule has 0 aromatic heterocycles. The summed E-state index contributed by atoms with van der Waals surface area (Å²) in [7, 11) is 0. The second kappa shape index (κ2) is 6.64. The molecular formula is C10H17NO2. The van der Waals surface area contributed by atoms with Crippen molar-refractivity contribution in [2.24, 2.45) is 0 Å². The smallest absolute Gasteiger partial charge is 0.165 e. The van der Waals surface area contributed by atoms with Gasteiger partial charge in [0.2, 0.25) is 0 Å². The molecule has 2 atom stereocenters. The number of nitriles is 1. The summed E-state index contributed by atoms with van der Waals surface area (Å²) in [5.74, 6) is 0. The van der Waals surface area contributed by atoms with Crippen molar-refractivity contribution in [2.45, 2.75) is 40.1 Å². The fraction of sp³-hybridized carbons (Fsp3) is 0.700. The van der Waals surface area contributed by atoms with E-state index in [0.717, 1.165) is 5.57 Å². The van der Waals surface area contributed by atoms with E-state index in [1.807, 2.05) is 26.8 Å². The Labute approximate surface area is 80.0 Å². The third-order valence-electron chi connectivity index (χ3n) is 1.35. The average Bonchev–Trinajstić information content (AvgIpc) is 2.02. The van der Waals surface area contributed by atoms with Crippen molar-refractivity contribution in [1.29, 1.82) is 5.26 Å². The third-order valence-corrected chi connectivity index (χ3v) is 1.35. The van der Waals surface area contributed by atoms with Gasteiger partial charge in [0.05, 0.1) is 6.07 Å². The Balaban J connectivity index is 4.00. The zero-order valence-corrected chi connectivity index (χ0v) is 8.70. The summed E-state index contributed by atoms with van der Waals surface area (Å²) in [5.41, 5.74) is 1.07. The molecule has 0 aliphatic carbocycles. The number of ether oxygens (including phenoxy) is 2. The maximum atomic E-state index is 8.72. The van der Waals surface area contributed by atoms with Gasteiger partial charge >= 0.3 is 0 Å². The van der Waals surface area contributed by atoms with Gasteiger partial charge in [0.25, 0.3) is 0 Å². The summed E-state index contributed by atoms with van der Waals surface area (Å²) in [6, 6.07) is 2.04. The standard InChI is InChI=1S/C10H17NO2/c1-5-12-9(4)13-10(7-11)6-8(2)3/h6,9-10H,5H2,1-4H3. The summed E-state index contributed by atoms with van der Waals surface area (Å²) >= 11 is 0. The van der Waals surface area contributed by atoms with Crippen molar-refractivity contribution in [3.63, 3.8) is 0 Å². The van der Waals surface area contributed by atoms with E-state index in [0.29, 0.717) is 6.61 Å². The molecule has 0 fully saturated rings. The van der Waals surface area contributed by atoms with Crippen LogP contribution in [0.4, 0.5) is 0 Å². The first kappa shape index (κ1) is 12.2. The summed E-state index contributed by atoms with van der Waals surface area (Å²) in [5, 5.41) is 8.72. The minimum Gasteiger partial charge on any atom is -0.353 e. The molecule has 0 radical (unpaired) electrons. The largest absolute Gasteiger partial charge is 0.353 e. The lowest BCUT2D eigenvalue weighted by Gasteiger charge is -2.14. The Morgan fingerprint density at radius 2 is 2.15 bits per heavy atom. The first-order chi connectivity index (χ1) is 6.10. The van der Waals surface area contributed by atoms with Crippen LogP contribution in [-0.2, 0) is 9.47 Å². The van der Waals surface area contributed by atoms with Crippen molar-refractivity contribution in [2.75, 3.05) is 6.61 Å². The van der Waals surface area contributed by atoms with Crippen LogP contribution in [0.5, 0.6) is 0 Å². The number of allylic oxidation sites excluding steroid dienone is 1. The Morgan fingerprint density at radius 3 is 2.54 bits per heavy atom. The Kier molecular flexibility index (Phi) is 6.21. The highest BCUT2D eigenvalue weighted by Gasteiger charge is 2.08. The lowest BCUT2D eigenvalue weighted by Crippen LogP contribution is -2.19. The van der Waals surface area contributed by atoms with Crippen LogP contribution in [0.15, 0.2) is 11.6 Å². The van der Waals surface area contributed by atoms with E-state index in [1.54, 1.807) is 13.0 Å². The summed E-state index contributed by atoms with van der Waals surface area (Å²) in [4.78, 5) is 0. The molecule has 0 amide bonds. The third kappa shape index (κ3) is 6.32. The molecule has 0 saturated heterocycles. The van der Waals surface area contributed by atoms with Gasteiger partial charge in [-0.25, -0.2) is 0 Å². The van der Waals surface area contributed by atoms with E-state index in [9.17, 15) is 0 Å². The molecule has 0 aromatic rings. The molecular weight excluding hydrogens is 166 g/mol. The topological polar surface area (TPSA) is 42.2 Å². The van der Waals surface area contributed by atoms with Crippen molar-refractivity contribution >= 4 is 0 Å². The van der Waals surface area contributed by atoms with Gasteiger partial charge < -0.3 is 9.47 Å². The average molecular weight is 183 g/mol. The molecule has 0 aromatic carbocycles. The van der Waals surface area contributed by atoms with Gasteiger partial charge in [0.15, 0.2) is 12.4 Å². The van der Waals surface area contributed by atoms with Crippen LogP contribution < -0.4 is 0 Å². The molecule has 3 nitrogen and oxygen atoms in total. The number of nitrogens with zero attached hydrogens (tertiary/aromatic N) is 1. The molecule has 3 heteroatoms. The van der Waals surface area contributed by atoms with Gasteiger partial charge in [-0.1, -0.05) is 5.57 Å². The highest BCUT2D eigenvalue weighted by atomic mass is 16.7. The molecule has 74 valence electrons. The minimum absolute atomic E-state index is 0.328. The normalized spacial score (nSPS) is 14.4. The molecule has 0 saturated carbocycles. The summed E-state index contributed by atoms with van der Waals surface area (Å²) in [6.07, 6.45) is 0.937. The molecule has 0 bridgehead atoms. The van der Waals surface area contributed by atoms with Gasteiger partial charge in [-0.05, 0) is 33.8 Å². The van der Waals surface area contributed by atoms with E-state index < -0.39 is 6.10 Å². The quantitative estimate of drug-likeness (QED) is 0.485. The van der Waals surface area contributed by atoms with Crippen molar-refractivity contribution in [1.82, 2.24) is 0 Å². The Morgan fingerprint density at radius 1 is 1.54 bits per heavy atom. The van der Waals surface area contributed by atoms with Gasteiger partial charge in [0.1, 0.15) is 0 Å². The van der Waals surface area contributed by atoms with Crippen molar-refractivity contribution < 1.29 is 9.47 Å². The van der Waals surface area contributed by atoms with Gasteiger partial charge in [0, 0.05) is 6.61 Å². The van der Waals surface area contributed by atoms with Gasteiger partial charge in [-0.3, -0.25) is 0 Å². The zero-order chi connectivity index (χ0) is 10.3. The van der Waals surface area contributed by atoms with E-state index in [-0.39, 0.29) is 6.29 Å². The first-order valence-corrected chi connectivity index (χ1v) is 4.41. The van der Waals surface area contributed by atoms with E-state index in [2.05, 4.69) is 0 Å². The van der Waals surface area contributed by atoms with Crippen molar-refractivity contribution in [3.05, 3.63) is 11.6 Å². The first-order valence-electron chi connectivity index (χ1n) is 4.41. The maximum absolute atomic E-state index is 8.72. The van der Waals surface area contributed by atoms with Crippen LogP contribution in [0.2, 0.25) is 0 Å². The van der Waals surface area contributed by atoms with E-state index in [1.165, 1.54) is 0 Å². The molecule has 0 N–H and O–H groups in total. The fourth-order valence-electron chi connectivity index (χ4n) is 0.890. The van der Waals surface area contributed by atoms with E-state index >= 15 is 0 Å². The lowest BCUT2D eigenvalue weighted by molar-refractivity contribution is -0.134. The molecule has 0 rings (SSSR count). The molecule has 0 aliphatic rings. The SMILES string of the molecule is CCOC(C)OC(C#N)C=C(C)C. The minimum atomic E-state index is -0.508. The predicted molar refractivity (Wildman–Crippen MR) is 51.0 cm³/mol. The predicted octanol–water partition coefficient (Wildman–Crippen LogP) is 2.24. The van der Waals surface area contributed by atoms with Gasteiger partial charge in [-0.2, -0.15) is 5.26 Å². The van der Waals surface area contributed by atoms with Crippen molar-refractivity contribution in [3.8, 4) is 6.07 Å². The second-order valence-electron chi connectivity index (χ2n) is 2.95. The second-order valence-corrected chi connectivity index (χ2v) is 2.95. The maximum Gasteiger partial charge on any atom is 0.165 e. The summed E-state index contributed by atoms with van der Waals surface area (Å²) in [6.45, 7) is 8.13.